The summed E-state index contributed by atoms with van der Waals surface area (Å²) in [5, 5.41) is 8.51. The number of carboxylic acid groups (broad SMARTS) is 1. The zero-order chi connectivity index (χ0) is 12.5. The number of unbranched alkanes of at least 4 members (excludes halogenated alkanes) is 1. The maximum absolute atomic E-state index is 10.3. The third kappa shape index (κ3) is 6.68. The standard InChI is InChI=1S/C13H20N2O2/c1-15(9-3-2-6-13(16)17)10-7-12-5-4-8-14-11-12/h4-5,8,11H,2-3,6-7,9-10H2,1H3,(H,16,17). The highest BCUT2D eigenvalue weighted by Gasteiger charge is 2.01. The van der Waals surface area contributed by atoms with Gasteiger partial charge in [0, 0.05) is 25.4 Å². The second kappa shape index (κ2) is 7.79. The van der Waals surface area contributed by atoms with E-state index in [-0.39, 0.29) is 6.42 Å². The molecule has 0 atom stereocenters. The SMILES string of the molecule is CN(CCCCC(=O)O)CCc1cccnc1. The molecule has 1 N–H and O–H groups in total. The van der Waals surface area contributed by atoms with Crippen LogP contribution in [0, 0.1) is 0 Å². The quantitative estimate of drug-likeness (QED) is 0.699. The van der Waals surface area contributed by atoms with Crippen molar-refractivity contribution in [2.75, 3.05) is 20.1 Å². The molecule has 0 aromatic carbocycles. The zero-order valence-electron chi connectivity index (χ0n) is 10.3. The number of rotatable bonds is 8. The molecule has 0 radical (unpaired) electrons. The molecule has 0 unspecified atom stereocenters. The maximum atomic E-state index is 10.3. The maximum Gasteiger partial charge on any atom is 0.303 e. The van der Waals surface area contributed by atoms with Crippen molar-refractivity contribution in [2.45, 2.75) is 25.7 Å². The number of carboxylic acids is 1. The van der Waals surface area contributed by atoms with E-state index in [0.29, 0.717) is 0 Å². The van der Waals surface area contributed by atoms with Gasteiger partial charge in [-0.25, -0.2) is 0 Å². The van der Waals surface area contributed by atoms with Crippen LogP contribution in [0.25, 0.3) is 0 Å². The number of aromatic nitrogens is 1. The van der Waals surface area contributed by atoms with Crippen LogP contribution in [-0.2, 0) is 11.2 Å². The van der Waals surface area contributed by atoms with Crippen LogP contribution in [0.4, 0.5) is 0 Å². The highest BCUT2D eigenvalue weighted by Crippen LogP contribution is 2.01. The number of hydrogen-bond acceptors (Lipinski definition) is 3. The van der Waals surface area contributed by atoms with Crippen LogP contribution < -0.4 is 0 Å². The minimum atomic E-state index is -0.706. The molecule has 4 nitrogen and oxygen atoms in total. The second-order valence-corrected chi connectivity index (χ2v) is 4.27. The first kappa shape index (κ1) is 13.6. The zero-order valence-corrected chi connectivity index (χ0v) is 10.3. The van der Waals surface area contributed by atoms with Crippen LogP contribution in [0.5, 0.6) is 0 Å². The number of likely N-dealkylation sites (N-methyl/N-ethyl adjacent to an activating group) is 1. The van der Waals surface area contributed by atoms with Crippen molar-refractivity contribution in [2.24, 2.45) is 0 Å². The average Bonchev–Trinajstić information content (AvgIpc) is 2.33. The molecule has 0 saturated heterocycles. The summed E-state index contributed by atoms with van der Waals surface area (Å²) in [7, 11) is 2.07. The Labute approximate surface area is 102 Å². The lowest BCUT2D eigenvalue weighted by atomic mass is 10.2. The van der Waals surface area contributed by atoms with E-state index >= 15 is 0 Å². The summed E-state index contributed by atoms with van der Waals surface area (Å²) in [6.07, 6.45) is 6.62. The Bertz CT molecular complexity index is 327. The van der Waals surface area contributed by atoms with E-state index in [1.807, 2.05) is 12.3 Å². The summed E-state index contributed by atoms with van der Waals surface area (Å²) in [5.74, 6) is -0.706. The summed E-state index contributed by atoms with van der Waals surface area (Å²) in [5.41, 5.74) is 1.24. The summed E-state index contributed by atoms with van der Waals surface area (Å²) in [4.78, 5) is 16.6. The fourth-order valence-corrected chi connectivity index (χ4v) is 1.64. The molecule has 0 aliphatic heterocycles. The minimum Gasteiger partial charge on any atom is -0.481 e. The molecule has 0 aliphatic carbocycles. The van der Waals surface area contributed by atoms with Crippen LogP contribution in [0.1, 0.15) is 24.8 Å². The van der Waals surface area contributed by atoms with Gasteiger partial charge in [-0.3, -0.25) is 9.78 Å². The number of hydrogen-bond donors (Lipinski definition) is 1. The van der Waals surface area contributed by atoms with E-state index in [2.05, 4.69) is 23.0 Å². The van der Waals surface area contributed by atoms with Crippen molar-refractivity contribution in [1.82, 2.24) is 9.88 Å². The first-order chi connectivity index (χ1) is 8.18. The van der Waals surface area contributed by atoms with Crippen molar-refractivity contribution in [3.8, 4) is 0 Å². The highest BCUT2D eigenvalue weighted by molar-refractivity contribution is 5.66. The smallest absolute Gasteiger partial charge is 0.303 e. The third-order valence-electron chi connectivity index (χ3n) is 2.69. The van der Waals surface area contributed by atoms with E-state index in [0.717, 1.165) is 32.4 Å². The van der Waals surface area contributed by atoms with Gasteiger partial charge in [0.25, 0.3) is 0 Å². The Kier molecular flexibility index (Phi) is 6.25. The van der Waals surface area contributed by atoms with Crippen LogP contribution >= 0.6 is 0 Å². The second-order valence-electron chi connectivity index (χ2n) is 4.27. The van der Waals surface area contributed by atoms with Crippen molar-refractivity contribution in [3.05, 3.63) is 30.1 Å². The van der Waals surface area contributed by atoms with Crippen LogP contribution in [0.15, 0.2) is 24.5 Å². The molecule has 0 aliphatic rings. The van der Waals surface area contributed by atoms with Crippen LogP contribution in [0.2, 0.25) is 0 Å². The molecule has 0 bridgehead atoms. The van der Waals surface area contributed by atoms with E-state index in [4.69, 9.17) is 5.11 Å². The van der Waals surface area contributed by atoms with Crippen LogP contribution in [-0.4, -0.2) is 41.1 Å². The van der Waals surface area contributed by atoms with Crippen molar-refractivity contribution in [3.63, 3.8) is 0 Å². The van der Waals surface area contributed by atoms with E-state index in [9.17, 15) is 4.79 Å². The molecule has 4 heteroatoms. The lowest BCUT2D eigenvalue weighted by Gasteiger charge is -2.15. The summed E-state index contributed by atoms with van der Waals surface area (Å²) >= 11 is 0. The normalized spacial score (nSPS) is 10.7. The topological polar surface area (TPSA) is 53.4 Å². The van der Waals surface area contributed by atoms with Gasteiger partial charge in [-0.1, -0.05) is 6.07 Å². The van der Waals surface area contributed by atoms with Crippen LogP contribution in [0.3, 0.4) is 0 Å². The third-order valence-corrected chi connectivity index (χ3v) is 2.69. The first-order valence-electron chi connectivity index (χ1n) is 5.97. The van der Waals surface area contributed by atoms with Gasteiger partial charge in [-0.15, -0.1) is 0 Å². The largest absolute Gasteiger partial charge is 0.481 e. The Morgan fingerprint density at radius 1 is 1.41 bits per heavy atom. The van der Waals surface area contributed by atoms with Gasteiger partial charge >= 0.3 is 5.97 Å². The van der Waals surface area contributed by atoms with E-state index in [1.54, 1.807) is 6.20 Å². The molecule has 1 aromatic heterocycles. The Morgan fingerprint density at radius 3 is 2.88 bits per heavy atom. The van der Waals surface area contributed by atoms with Gasteiger partial charge in [-0.05, 0) is 44.5 Å². The lowest BCUT2D eigenvalue weighted by Crippen LogP contribution is -2.22. The van der Waals surface area contributed by atoms with Crippen molar-refractivity contribution in [1.29, 1.82) is 0 Å². The Morgan fingerprint density at radius 2 is 2.24 bits per heavy atom. The molecule has 0 saturated carbocycles. The molecule has 17 heavy (non-hydrogen) atoms. The van der Waals surface area contributed by atoms with E-state index < -0.39 is 5.97 Å². The number of nitrogens with zero attached hydrogens (tertiary/aromatic N) is 2. The van der Waals surface area contributed by atoms with Crippen molar-refractivity contribution < 1.29 is 9.90 Å². The number of carbonyl (C=O) groups is 1. The molecular weight excluding hydrogens is 216 g/mol. The first-order valence-corrected chi connectivity index (χ1v) is 5.97. The fraction of sp³-hybridized carbons (Fsp3) is 0.538. The van der Waals surface area contributed by atoms with Gasteiger partial charge < -0.3 is 10.0 Å². The van der Waals surface area contributed by atoms with E-state index in [1.165, 1.54) is 5.56 Å². The fourth-order valence-electron chi connectivity index (χ4n) is 1.64. The van der Waals surface area contributed by atoms with Gasteiger partial charge in [-0.2, -0.15) is 0 Å². The predicted molar refractivity (Wildman–Crippen MR) is 66.9 cm³/mol. The molecule has 1 aromatic rings. The average molecular weight is 236 g/mol. The van der Waals surface area contributed by atoms with Gasteiger partial charge in [0.05, 0.1) is 0 Å². The molecule has 94 valence electrons. The lowest BCUT2D eigenvalue weighted by molar-refractivity contribution is -0.137. The number of pyridine rings is 1. The molecule has 0 amide bonds. The summed E-state index contributed by atoms with van der Waals surface area (Å²) < 4.78 is 0. The highest BCUT2D eigenvalue weighted by atomic mass is 16.4. The van der Waals surface area contributed by atoms with Gasteiger partial charge in [0.1, 0.15) is 0 Å². The monoisotopic (exact) mass is 236 g/mol. The molecule has 1 heterocycles. The molecule has 0 fully saturated rings. The van der Waals surface area contributed by atoms with Gasteiger partial charge in [0.15, 0.2) is 0 Å². The Balaban J connectivity index is 2.09. The predicted octanol–water partition coefficient (Wildman–Crippen LogP) is 1.81. The molecule has 1 rings (SSSR count). The minimum absolute atomic E-state index is 0.274. The summed E-state index contributed by atoms with van der Waals surface area (Å²) in [6, 6.07) is 4.02. The van der Waals surface area contributed by atoms with Crippen molar-refractivity contribution >= 4 is 5.97 Å². The Hall–Kier alpha value is -1.42. The molecular formula is C13H20N2O2. The number of aliphatic carboxylic acids is 1. The summed E-state index contributed by atoms with van der Waals surface area (Å²) in [6.45, 7) is 1.94. The van der Waals surface area contributed by atoms with Gasteiger partial charge in [0.2, 0.25) is 0 Å². The molecule has 0 spiro atoms.